The van der Waals surface area contributed by atoms with Crippen molar-refractivity contribution in [2.45, 2.75) is 40.0 Å². The van der Waals surface area contributed by atoms with Crippen LogP contribution in [0.1, 0.15) is 47.1 Å². The summed E-state index contributed by atoms with van der Waals surface area (Å²) in [7, 11) is 7.61. The summed E-state index contributed by atoms with van der Waals surface area (Å²) in [6, 6.07) is 7.55. The first kappa shape index (κ1) is 20.0. The highest BCUT2D eigenvalue weighted by Gasteiger charge is 2.16. The summed E-state index contributed by atoms with van der Waals surface area (Å²) in [6.07, 6.45) is 1.95. The summed E-state index contributed by atoms with van der Waals surface area (Å²) in [5.74, 6) is -0.276. The first-order valence-corrected chi connectivity index (χ1v) is 9.20. The van der Waals surface area contributed by atoms with E-state index in [2.05, 4.69) is 28.7 Å². The molecule has 2 N–H and O–H groups in total. The zero-order valence-corrected chi connectivity index (χ0v) is 16.6. The minimum absolute atomic E-state index is 0.105. The molecule has 0 bridgehead atoms. The highest BCUT2D eigenvalue weighted by molar-refractivity contribution is 6.34. The van der Waals surface area contributed by atoms with Crippen LogP contribution in [0.25, 0.3) is 10.9 Å². The lowest BCUT2D eigenvalue weighted by atomic mass is 9.92. The Morgan fingerprint density at radius 1 is 1.32 bits per heavy atom. The molecule has 2 aromatic heterocycles. The van der Waals surface area contributed by atoms with E-state index >= 15 is 0 Å². The van der Waals surface area contributed by atoms with Crippen LogP contribution in [-0.2, 0) is 17.9 Å². The summed E-state index contributed by atoms with van der Waals surface area (Å²) in [4.78, 5) is 28.0. The molecule has 0 saturated carbocycles. The van der Waals surface area contributed by atoms with E-state index in [1.54, 1.807) is 13.2 Å². The lowest BCUT2D eigenvalue weighted by Crippen LogP contribution is -2.29. The first-order chi connectivity index (χ1) is 13.3. The van der Waals surface area contributed by atoms with Gasteiger partial charge in [0, 0.05) is 53.6 Å². The number of nitrogens with one attached hydrogen (secondary N) is 2. The Kier molecular flexibility index (Phi) is 5.75. The van der Waals surface area contributed by atoms with E-state index in [1.807, 2.05) is 31.3 Å². The summed E-state index contributed by atoms with van der Waals surface area (Å²) >= 11 is 0. The van der Waals surface area contributed by atoms with Crippen molar-refractivity contribution < 1.29 is 9.53 Å². The molecule has 0 aliphatic heterocycles. The highest BCUT2D eigenvalue weighted by Crippen LogP contribution is 2.22. The number of carbonyl (C=O) groups is 1. The fourth-order valence-electron chi connectivity index (χ4n) is 3.45. The van der Waals surface area contributed by atoms with Crippen LogP contribution in [0.3, 0.4) is 0 Å². The second kappa shape index (κ2) is 8.06. The van der Waals surface area contributed by atoms with Crippen molar-refractivity contribution in [1.82, 2.24) is 14.9 Å². The van der Waals surface area contributed by atoms with Crippen LogP contribution in [0.4, 0.5) is 0 Å². The quantitative estimate of drug-likeness (QED) is 0.646. The van der Waals surface area contributed by atoms with Gasteiger partial charge in [0.2, 0.25) is 0 Å². The van der Waals surface area contributed by atoms with E-state index < -0.39 is 0 Å². The van der Waals surface area contributed by atoms with E-state index in [0.717, 1.165) is 22.2 Å². The largest absolute Gasteiger partial charge is 0.380 e. The van der Waals surface area contributed by atoms with Gasteiger partial charge in [0.1, 0.15) is 7.85 Å². The van der Waals surface area contributed by atoms with Gasteiger partial charge in [0.25, 0.3) is 11.5 Å². The lowest BCUT2D eigenvalue weighted by Gasteiger charge is -2.13. The Hall–Kier alpha value is -2.80. The van der Waals surface area contributed by atoms with Gasteiger partial charge in [-0.3, -0.25) is 9.59 Å². The minimum Gasteiger partial charge on any atom is -0.380 e. The molecular weight excluding hydrogens is 353 g/mol. The molecule has 0 saturated heterocycles. The molecule has 0 atom stereocenters. The van der Waals surface area contributed by atoms with Gasteiger partial charge in [-0.2, -0.15) is 0 Å². The second-order valence-electron chi connectivity index (χ2n) is 7.22. The van der Waals surface area contributed by atoms with Gasteiger partial charge in [-0.15, -0.1) is 0 Å². The number of aromatic amines is 1. The number of nitrogens with zero attached hydrogens (tertiary/aromatic N) is 1. The zero-order chi connectivity index (χ0) is 20.4. The molecule has 144 valence electrons. The zero-order valence-electron chi connectivity index (χ0n) is 16.6. The third kappa shape index (κ3) is 3.89. The molecule has 3 aromatic rings. The van der Waals surface area contributed by atoms with Crippen molar-refractivity contribution >= 4 is 30.1 Å². The molecule has 6 nitrogen and oxygen atoms in total. The average molecular weight is 377 g/mol. The molecule has 2 heterocycles. The number of hydrogen-bond acceptors (Lipinski definition) is 3. The number of aromatic nitrogens is 2. The molecule has 0 unspecified atom stereocenters. The fourth-order valence-corrected chi connectivity index (χ4v) is 3.45. The monoisotopic (exact) mass is 377 g/mol. The Labute approximate surface area is 165 Å². The number of aryl methyl sites for hydroxylation is 1. The Morgan fingerprint density at radius 2 is 2.07 bits per heavy atom. The maximum absolute atomic E-state index is 12.9. The third-order valence-electron chi connectivity index (χ3n) is 4.75. The molecule has 1 amide bonds. The van der Waals surface area contributed by atoms with Gasteiger partial charge in [-0.05, 0) is 44.5 Å². The smallest absolute Gasteiger partial charge is 0.253 e. The van der Waals surface area contributed by atoms with Gasteiger partial charge in [-0.1, -0.05) is 11.5 Å². The van der Waals surface area contributed by atoms with Gasteiger partial charge in [-0.25, -0.2) is 0 Å². The molecule has 28 heavy (non-hydrogen) atoms. The summed E-state index contributed by atoms with van der Waals surface area (Å²) in [6.45, 7) is 6.36. The Balaban J connectivity index is 1.92. The van der Waals surface area contributed by atoms with Gasteiger partial charge < -0.3 is 19.6 Å². The van der Waals surface area contributed by atoms with Crippen molar-refractivity contribution in [1.29, 1.82) is 0 Å². The fraction of sp³-hybridized carbons (Fsp3) is 0.333. The van der Waals surface area contributed by atoms with E-state index in [-0.39, 0.29) is 24.1 Å². The average Bonchev–Trinajstić information content (AvgIpc) is 3.04. The lowest BCUT2D eigenvalue weighted by molar-refractivity contribution is 0.0952. The number of methoxy groups -OCH3 is 1. The Morgan fingerprint density at radius 3 is 2.75 bits per heavy atom. The van der Waals surface area contributed by atoms with E-state index in [1.165, 1.54) is 0 Å². The SMILES string of the molecule is [B]c1cc(C(=O)NCc2c(COC)cc(C)[nH]c2=O)c2ccn(C(C)C)c2c1. The standard InChI is InChI=1S/C21H24BN3O3/c1-12(2)25-6-5-16-17(8-15(22)9-19(16)25)20(26)23-10-18-14(11-28-4)7-13(3)24-21(18)27/h5-9,12H,10-11H2,1-4H3,(H,23,26)(H,24,27). The number of fused-ring (bicyclic) bond motifs is 1. The predicted molar refractivity (Wildman–Crippen MR) is 111 cm³/mol. The minimum atomic E-state index is -0.276. The maximum atomic E-state index is 12.9. The van der Waals surface area contributed by atoms with Crippen molar-refractivity contribution in [2.75, 3.05) is 7.11 Å². The first-order valence-electron chi connectivity index (χ1n) is 9.20. The van der Waals surface area contributed by atoms with Crippen molar-refractivity contribution in [3.05, 3.63) is 63.2 Å². The maximum Gasteiger partial charge on any atom is 0.253 e. The van der Waals surface area contributed by atoms with Crippen molar-refractivity contribution in [3.8, 4) is 0 Å². The molecule has 0 spiro atoms. The second-order valence-corrected chi connectivity index (χ2v) is 7.22. The molecular formula is C21H24BN3O3. The summed E-state index contributed by atoms with van der Waals surface area (Å²) < 4.78 is 7.26. The third-order valence-corrected chi connectivity index (χ3v) is 4.75. The topological polar surface area (TPSA) is 76.1 Å². The van der Waals surface area contributed by atoms with E-state index in [4.69, 9.17) is 12.6 Å². The number of pyridine rings is 1. The number of amides is 1. The van der Waals surface area contributed by atoms with Crippen LogP contribution >= 0.6 is 0 Å². The molecule has 1 aromatic carbocycles. The number of H-pyrrole nitrogens is 1. The van der Waals surface area contributed by atoms with Crippen LogP contribution < -0.4 is 16.3 Å². The van der Waals surface area contributed by atoms with Gasteiger partial charge in [0.05, 0.1) is 6.61 Å². The molecule has 0 aliphatic carbocycles. The van der Waals surface area contributed by atoms with Crippen LogP contribution in [0.5, 0.6) is 0 Å². The number of ether oxygens (including phenoxy) is 1. The molecule has 0 aliphatic rings. The Bertz CT molecular complexity index is 1080. The molecule has 3 rings (SSSR count). The number of hydrogen-bond donors (Lipinski definition) is 2. The molecule has 7 heteroatoms. The van der Waals surface area contributed by atoms with Gasteiger partial charge >= 0.3 is 0 Å². The van der Waals surface area contributed by atoms with Crippen LogP contribution in [-0.4, -0.2) is 30.4 Å². The normalized spacial score (nSPS) is 11.3. The molecule has 0 fully saturated rings. The van der Waals surface area contributed by atoms with Crippen molar-refractivity contribution in [2.24, 2.45) is 0 Å². The number of rotatable bonds is 6. The van der Waals surface area contributed by atoms with Crippen LogP contribution in [0.2, 0.25) is 0 Å². The van der Waals surface area contributed by atoms with E-state index in [9.17, 15) is 9.59 Å². The van der Waals surface area contributed by atoms with Crippen LogP contribution in [0, 0.1) is 6.92 Å². The summed E-state index contributed by atoms with van der Waals surface area (Å²) in [5.41, 5.74) is 3.69. The number of carbonyl (C=O) groups excluding carboxylic acids is 1. The van der Waals surface area contributed by atoms with Gasteiger partial charge in [0.15, 0.2) is 0 Å². The number of benzene rings is 1. The van der Waals surface area contributed by atoms with E-state index in [0.29, 0.717) is 23.2 Å². The van der Waals surface area contributed by atoms with Crippen molar-refractivity contribution in [3.63, 3.8) is 0 Å². The highest BCUT2D eigenvalue weighted by atomic mass is 16.5. The summed E-state index contributed by atoms with van der Waals surface area (Å²) in [5, 5.41) is 3.68. The van der Waals surface area contributed by atoms with Crippen LogP contribution in [0.15, 0.2) is 35.3 Å². The predicted octanol–water partition coefficient (Wildman–Crippen LogP) is 2.09. The molecule has 2 radical (unpaired) electrons.